The summed E-state index contributed by atoms with van der Waals surface area (Å²) in [6.45, 7) is 3.97. The summed E-state index contributed by atoms with van der Waals surface area (Å²) in [4.78, 5) is 14.8. The number of thiazole rings is 1. The van der Waals surface area contributed by atoms with E-state index < -0.39 is 0 Å². The summed E-state index contributed by atoms with van der Waals surface area (Å²) in [5.41, 5.74) is 1.45. The van der Waals surface area contributed by atoms with Crippen molar-refractivity contribution in [3.8, 4) is 16.3 Å². The molecule has 2 rings (SSSR count). The van der Waals surface area contributed by atoms with Crippen LogP contribution in [0.5, 0.6) is 5.75 Å². The quantitative estimate of drug-likeness (QED) is 0.777. The lowest BCUT2D eigenvalue weighted by Gasteiger charge is -2.09. The van der Waals surface area contributed by atoms with Crippen LogP contribution in [-0.4, -0.2) is 17.4 Å². The average molecular weight is 247 g/mol. The third kappa shape index (κ3) is 2.91. The van der Waals surface area contributed by atoms with E-state index in [1.165, 1.54) is 11.3 Å². The first-order valence-electron chi connectivity index (χ1n) is 5.37. The number of benzene rings is 1. The Morgan fingerprint density at radius 3 is 2.88 bits per heavy atom. The molecular weight excluding hydrogens is 234 g/mol. The van der Waals surface area contributed by atoms with Crippen LogP contribution in [-0.2, 0) is 0 Å². The molecule has 0 amide bonds. The van der Waals surface area contributed by atoms with Crippen LogP contribution in [0.25, 0.3) is 10.6 Å². The van der Waals surface area contributed by atoms with Crippen LogP contribution in [0, 0.1) is 0 Å². The molecule has 2 aromatic rings. The molecule has 0 radical (unpaired) electrons. The van der Waals surface area contributed by atoms with Crippen LogP contribution in [0.2, 0.25) is 0 Å². The smallest absolute Gasteiger partial charge is 0.169 e. The summed E-state index contributed by atoms with van der Waals surface area (Å²) >= 11 is 1.46. The van der Waals surface area contributed by atoms with Crippen LogP contribution in [0.15, 0.2) is 29.6 Å². The third-order valence-electron chi connectivity index (χ3n) is 2.10. The zero-order chi connectivity index (χ0) is 12.3. The SMILES string of the molecule is CC(C)Oc1cccc(-c2nc(C=O)cs2)c1. The van der Waals surface area contributed by atoms with E-state index in [9.17, 15) is 4.79 Å². The van der Waals surface area contributed by atoms with Gasteiger partial charge >= 0.3 is 0 Å². The number of aldehydes is 1. The first-order valence-corrected chi connectivity index (χ1v) is 6.25. The van der Waals surface area contributed by atoms with Crippen LogP contribution >= 0.6 is 11.3 Å². The zero-order valence-corrected chi connectivity index (χ0v) is 10.5. The lowest BCUT2D eigenvalue weighted by Crippen LogP contribution is -2.05. The molecule has 0 bridgehead atoms. The fourth-order valence-corrected chi connectivity index (χ4v) is 2.21. The molecule has 17 heavy (non-hydrogen) atoms. The predicted molar refractivity (Wildman–Crippen MR) is 68.7 cm³/mol. The van der Waals surface area contributed by atoms with Crippen molar-refractivity contribution in [1.29, 1.82) is 0 Å². The minimum absolute atomic E-state index is 0.145. The molecular formula is C13H13NO2S. The molecule has 0 unspecified atom stereocenters. The fraction of sp³-hybridized carbons (Fsp3) is 0.231. The van der Waals surface area contributed by atoms with Gasteiger partial charge in [0.1, 0.15) is 16.5 Å². The van der Waals surface area contributed by atoms with Crippen molar-refractivity contribution in [2.45, 2.75) is 20.0 Å². The Bertz CT molecular complexity index is 520. The van der Waals surface area contributed by atoms with E-state index in [0.717, 1.165) is 22.6 Å². The Morgan fingerprint density at radius 2 is 2.24 bits per heavy atom. The summed E-state index contributed by atoms with van der Waals surface area (Å²) in [7, 11) is 0. The largest absolute Gasteiger partial charge is 0.491 e. The number of aromatic nitrogens is 1. The highest BCUT2D eigenvalue weighted by Crippen LogP contribution is 2.26. The first-order chi connectivity index (χ1) is 8.19. The highest BCUT2D eigenvalue weighted by atomic mass is 32.1. The summed E-state index contributed by atoms with van der Waals surface area (Å²) in [6, 6.07) is 7.74. The Morgan fingerprint density at radius 1 is 1.41 bits per heavy atom. The van der Waals surface area contributed by atoms with Crippen molar-refractivity contribution in [3.05, 3.63) is 35.3 Å². The molecule has 0 aliphatic heterocycles. The van der Waals surface area contributed by atoms with E-state index in [1.807, 2.05) is 38.1 Å². The molecule has 0 atom stereocenters. The van der Waals surface area contributed by atoms with Gasteiger partial charge in [0.15, 0.2) is 6.29 Å². The molecule has 0 aliphatic carbocycles. The number of hydrogen-bond acceptors (Lipinski definition) is 4. The normalized spacial score (nSPS) is 10.5. The second-order valence-corrected chi connectivity index (χ2v) is 4.75. The third-order valence-corrected chi connectivity index (χ3v) is 3.01. The highest BCUT2D eigenvalue weighted by Gasteiger charge is 2.06. The monoisotopic (exact) mass is 247 g/mol. The second kappa shape index (κ2) is 5.10. The Labute approximate surface area is 104 Å². The van der Waals surface area contributed by atoms with Gasteiger partial charge in [0.2, 0.25) is 0 Å². The Kier molecular flexibility index (Phi) is 3.54. The molecule has 0 spiro atoms. The number of hydrogen-bond donors (Lipinski definition) is 0. The molecule has 0 saturated carbocycles. The van der Waals surface area contributed by atoms with Crippen LogP contribution < -0.4 is 4.74 Å². The van der Waals surface area contributed by atoms with Crippen molar-refractivity contribution in [1.82, 2.24) is 4.98 Å². The van der Waals surface area contributed by atoms with Gasteiger partial charge in [0.25, 0.3) is 0 Å². The van der Waals surface area contributed by atoms with Crippen LogP contribution in [0.4, 0.5) is 0 Å². The number of ether oxygens (including phenoxy) is 1. The van der Waals surface area contributed by atoms with E-state index in [1.54, 1.807) is 5.38 Å². The maximum absolute atomic E-state index is 10.6. The van der Waals surface area contributed by atoms with Gasteiger partial charge in [-0.1, -0.05) is 12.1 Å². The maximum Gasteiger partial charge on any atom is 0.169 e. The molecule has 1 aromatic heterocycles. The molecule has 0 N–H and O–H groups in total. The van der Waals surface area contributed by atoms with Crippen LogP contribution in [0.1, 0.15) is 24.3 Å². The van der Waals surface area contributed by atoms with Crippen LogP contribution in [0.3, 0.4) is 0 Å². The van der Waals surface area contributed by atoms with Crippen molar-refractivity contribution in [2.75, 3.05) is 0 Å². The van der Waals surface area contributed by atoms with Gasteiger partial charge < -0.3 is 4.74 Å². The number of nitrogens with zero attached hydrogens (tertiary/aromatic N) is 1. The zero-order valence-electron chi connectivity index (χ0n) is 9.71. The second-order valence-electron chi connectivity index (χ2n) is 3.89. The van der Waals surface area contributed by atoms with Crippen molar-refractivity contribution >= 4 is 17.6 Å². The predicted octanol–water partition coefficient (Wildman–Crippen LogP) is 3.41. The van der Waals surface area contributed by atoms with Gasteiger partial charge in [-0.15, -0.1) is 11.3 Å². The summed E-state index contributed by atoms with van der Waals surface area (Å²) in [6.07, 6.45) is 0.904. The fourth-order valence-electron chi connectivity index (χ4n) is 1.45. The lowest BCUT2D eigenvalue weighted by molar-refractivity contribution is 0.111. The summed E-state index contributed by atoms with van der Waals surface area (Å²) in [5, 5.41) is 2.58. The standard InChI is InChI=1S/C13H13NO2S/c1-9(2)16-12-5-3-4-10(6-12)13-14-11(7-15)8-17-13/h3-9H,1-2H3. The van der Waals surface area contributed by atoms with Gasteiger partial charge in [0, 0.05) is 10.9 Å². The summed E-state index contributed by atoms with van der Waals surface area (Å²) < 4.78 is 5.62. The highest BCUT2D eigenvalue weighted by molar-refractivity contribution is 7.13. The van der Waals surface area contributed by atoms with Gasteiger partial charge in [-0.25, -0.2) is 4.98 Å². The summed E-state index contributed by atoms with van der Waals surface area (Å²) in [5.74, 6) is 0.820. The molecule has 0 saturated heterocycles. The minimum atomic E-state index is 0.145. The molecule has 0 aliphatic rings. The lowest BCUT2D eigenvalue weighted by atomic mass is 10.2. The topological polar surface area (TPSA) is 39.2 Å². The van der Waals surface area contributed by atoms with Gasteiger partial charge in [-0.3, -0.25) is 4.79 Å². The van der Waals surface area contributed by atoms with E-state index in [2.05, 4.69) is 4.98 Å². The molecule has 0 fully saturated rings. The molecule has 4 heteroatoms. The van der Waals surface area contributed by atoms with Crippen molar-refractivity contribution in [3.63, 3.8) is 0 Å². The molecule has 1 aromatic carbocycles. The maximum atomic E-state index is 10.6. The number of carbonyl (C=O) groups is 1. The number of carbonyl (C=O) groups excluding carboxylic acids is 1. The average Bonchev–Trinajstić information content (AvgIpc) is 2.77. The minimum Gasteiger partial charge on any atom is -0.491 e. The molecule has 3 nitrogen and oxygen atoms in total. The molecule has 88 valence electrons. The Hall–Kier alpha value is -1.68. The van der Waals surface area contributed by atoms with Gasteiger partial charge in [-0.05, 0) is 26.0 Å². The van der Waals surface area contributed by atoms with Crippen molar-refractivity contribution in [2.24, 2.45) is 0 Å². The van der Waals surface area contributed by atoms with Crippen molar-refractivity contribution < 1.29 is 9.53 Å². The first kappa shape index (κ1) is 11.8. The van der Waals surface area contributed by atoms with E-state index in [4.69, 9.17) is 4.74 Å². The van der Waals surface area contributed by atoms with E-state index >= 15 is 0 Å². The van der Waals surface area contributed by atoms with E-state index in [0.29, 0.717) is 5.69 Å². The van der Waals surface area contributed by atoms with Gasteiger partial charge in [0.05, 0.1) is 6.10 Å². The van der Waals surface area contributed by atoms with Gasteiger partial charge in [-0.2, -0.15) is 0 Å². The molecule has 1 heterocycles. The van der Waals surface area contributed by atoms with E-state index in [-0.39, 0.29) is 6.10 Å². The number of rotatable bonds is 4. The Balaban J connectivity index is 2.29.